The smallest absolute Gasteiger partial charge is 0.292 e. The Morgan fingerprint density at radius 1 is 1.56 bits per heavy atom. The van der Waals surface area contributed by atoms with Crippen molar-refractivity contribution in [3.63, 3.8) is 0 Å². The fraction of sp³-hybridized carbons (Fsp3) is 0.300. The molecule has 6 heteroatoms. The molecule has 0 aliphatic rings. The summed E-state index contributed by atoms with van der Waals surface area (Å²) in [4.78, 5) is 10.2. The summed E-state index contributed by atoms with van der Waals surface area (Å²) in [6, 6.07) is 6.48. The zero-order valence-corrected chi connectivity index (χ0v) is 8.51. The molecule has 0 radical (unpaired) electrons. The van der Waals surface area contributed by atoms with Crippen LogP contribution in [0.2, 0.25) is 0 Å². The van der Waals surface area contributed by atoms with Gasteiger partial charge in [0.2, 0.25) is 0 Å². The topological polar surface area (TPSA) is 99.2 Å². The molecule has 0 bridgehead atoms. The van der Waals surface area contributed by atoms with Gasteiger partial charge in [-0.1, -0.05) is 6.07 Å². The van der Waals surface area contributed by atoms with Crippen molar-refractivity contribution in [2.24, 2.45) is 0 Å². The summed E-state index contributed by atoms with van der Waals surface area (Å²) in [5, 5.41) is 30.6. The third kappa shape index (κ3) is 2.93. The summed E-state index contributed by atoms with van der Waals surface area (Å²) < 4.78 is 0. The molecule has 0 saturated carbocycles. The standard InChI is InChI=1S/C10H11N3O3/c11-4-3-8-1-2-9(12-5-6-14)10(7-8)13(15)16/h1-2,7,12,14H,3,5-6H2. The van der Waals surface area contributed by atoms with Gasteiger partial charge in [0.1, 0.15) is 5.69 Å². The van der Waals surface area contributed by atoms with Crippen molar-refractivity contribution in [2.45, 2.75) is 6.42 Å². The first-order chi connectivity index (χ1) is 7.69. The fourth-order valence-corrected chi connectivity index (χ4v) is 1.27. The number of nitro benzene ring substituents is 1. The molecular weight excluding hydrogens is 210 g/mol. The van der Waals surface area contributed by atoms with Gasteiger partial charge in [0.05, 0.1) is 24.0 Å². The molecule has 1 aromatic rings. The molecule has 16 heavy (non-hydrogen) atoms. The molecular formula is C10H11N3O3. The lowest BCUT2D eigenvalue weighted by Crippen LogP contribution is -2.07. The van der Waals surface area contributed by atoms with Crippen LogP contribution in [0.25, 0.3) is 0 Å². The van der Waals surface area contributed by atoms with Gasteiger partial charge in [0.15, 0.2) is 0 Å². The van der Waals surface area contributed by atoms with Crippen LogP contribution in [0.4, 0.5) is 11.4 Å². The van der Waals surface area contributed by atoms with Gasteiger partial charge in [-0.25, -0.2) is 0 Å². The predicted octanol–water partition coefficient (Wildman–Crippen LogP) is 1.07. The van der Waals surface area contributed by atoms with Crippen LogP contribution in [0.1, 0.15) is 5.56 Å². The van der Waals surface area contributed by atoms with E-state index in [1.807, 2.05) is 6.07 Å². The molecule has 0 spiro atoms. The summed E-state index contributed by atoms with van der Waals surface area (Å²) in [6.07, 6.45) is 0.140. The van der Waals surface area contributed by atoms with Crippen molar-refractivity contribution >= 4 is 11.4 Å². The Hall–Kier alpha value is -2.13. The lowest BCUT2D eigenvalue weighted by Gasteiger charge is -2.06. The Balaban J connectivity index is 3.00. The van der Waals surface area contributed by atoms with Crippen LogP contribution in [0.5, 0.6) is 0 Å². The van der Waals surface area contributed by atoms with Crippen molar-refractivity contribution in [3.05, 3.63) is 33.9 Å². The average molecular weight is 221 g/mol. The Morgan fingerprint density at radius 3 is 2.88 bits per heavy atom. The normalized spacial score (nSPS) is 9.50. The van der Waals surface area contributed by atoms with E-state index in [9.17, 15) is 10.1 Å². The zero-order chi connectivity index (χ0) is 12.0. The highest BCUT2D eigenvalue weighted by Crippen LogP contribution is 2.25. The summed E-state index contributed by atoms with van der Waals surface area (Å²) >= 11 is 0. The molecule has 0 heterocycles. The number of nitrogens with one attached hydrogen (secondary N) is 1. The highest BCUT2D eigenvalue weighted by atomic mass is 16.6. The van der Waals surface area contributed by atoms with Gasteiger partial charge < -0.3 is 10.4 Å². The third-order valence-corrected chi connectivity index (χ3v) is 1.97. The second-order valence-corrected chi connectivity index (χ2v) is 3.09. The highest BCUT2D eigenvalue weighted by Gasteiger charge is 2.13. The fourth-order valence-electron chi connectivity index (χ4n) is 1.27. The molecule has 0 aromatic heterocycles. The van der Waals surface area contributed by atoms with E-state index in [1.54, 1.807) is 12.1 Å². The van der Waals surface area contributed by atoms with Crippen LogP contribution < -0.4 is 5.32 Å². The molecule has 0 atom stereocenters. The first kappa shape index (κ1) is 11.9. The Bertz CT molecular complexity index is 426. The second kappa shape index (κ2) is 5.68. The monoisotopic (exact) mass is 221 g/mol. The van der Waals surface area contributed by atoms with E-state index >= 15 is 0 Å². The SMILES string of the molecule is N#CCc1ccc(NCCO)c([N+](=O)[O-])c1. The van der Waals surface area contributed by atoms with Crippen LogP contribution in [-0.4, -0.2) is 23.2 Å². The molecule has 0 saturated heterocycles. The van der Waals surface area contributed by atoms with Gasteiger partial charge in [-0.2, -0.15) is 5.26 Å². The first-order valence-electron chi connectivity index (χ1n) is 4.68. The van der Waals surface area contributed by atoms with Crippen LogP contribution in [0.15, 0.2) is 18.2 Å². The number of rotatable bonds is 5. The number of nitrogens with zero attached hydrogens (tertiary/aromatic N) is 2. The van der Waals surface area contributed by atoms with E-state index in [-0.39, 0.29) is 25.3 Å². The van der Waals surface area contributed by atoms with Gasteiger partial charge in [0, 0.05) is 12.6 Å². The molecule has 0 aliphatic heterocycles. The van der Waals surface area contributed by atoms with Gasteiger partial charge in [0.25, 0.3) is 5.69 Å². The Labute approximate surface area is 92.3 Å². The molecule has 0 unspecified atom stereocenters. The molecule has 1 rings (SSSR count). The van der Waals surface area contributed by atoms with Gasteiger partial charge in [-0.05, 0) is 11.6 Å². The molecule has 0 amide bonds. The lowest BCUT2D eigenvalue weighted by molar-refractivity contribution is -0.384. The maximum Gasteiger partial charge on any atom is 0.292 e. The predicted molar refractivity (Wildman–Crippen MR) is 58.0 cm³/mol. The summed E-state index contributed by atoms with van der Waals surface area (Å²) in [7, 11) is 0. The van der Waals surface area contributed by atoms with E-state index in [0.717, 1.165) is 0 Å². The Morgan fingerprint density at radius 2 is 2.31 bits per heavy atom. The van der Waals surface area contributed by atoms with E-state index < -0.39 is 4.92 Å². The van der Waals surface area contributed by atoms with Crippen LogP contribution in [0, 0.1) is 21.4 Å². The maximum absolute atomic E-state index is 10.8. The molecule has 0 fully saturated rings. The molecule has 84 valence electrons. The highest BCUT2D eigenvalue weighted by molar-refractivity contribution is 5.62. The van der Waals surface area contributed by atoms with Gasteiger partial charge >= 0.3 is 0 Å². The minimum Gasteiger partial charge on any atom is -0.395 e. The third-order valence-electron chi connectivity index (χ3n) is 1.97. The number of benzene rings is 1. The zero-order valence-electron chi connectivity index (χ0n) is 8.51. The van der Waals surface area contributed by atoms with Crippen molar-refractivity contribution < 1.29 is 10.0 Å². The van der Waals surface area contributed by atoms with Crippen LogP contribution >= 0.6 is 0 Å². The molecule has 0 aliphatic carbocycles. The lowest BCUT2D eigenvalue weighted by atomic mass is 10.1. The summed E-state index contributed by atoms with van der Waals surface area (Å²) in [5.41, 5.74) is 0.866. The average Bonchev–Trinajstić information content (AvgIpc) is 2.27. The van der Waals surface area contributed by atoms with Crippen molar-refractivity contribution in [1.29, 1.82) is 5.26 Å². The summed E-state index contributed by atoms with van der Waals surface area (Å²) in [5.74, 6) is 0. The van der Waals surface area contributed by atoms with Gasteiger partial charge in [-0.3, -0.25) is 10.1 Å². The van der Waals surface area contributed by atoms with Gasteiger partial charge in [-0.15, -0.1) is 0 Å². The number of nitro groups is 1. The quantitative estimate of drug-likeness (QED) is 0.572. The van der Waals surface area contributed by atoms with E-state index in [4.69, 9.17) is 10.4 Å². The number of aliphatic hydroxyl groups is 1. The number of nitriles is 1. The van der Waals surface area contributed by atoms with E-state index in [1.165, 1.54) is 6.07 Å². The number of hydrogen-bond donors (Lipinski definition) is 2. The van der Waals surface area contributed by atoms with Crippen molar-refractivity contribution in [2.75, 3.05) is 18.5 Å². The van der Waals surface area contributed by atoms with Crippen molar-refractivity contribution in [3.8, 4) is 6.07 Å². The largest absolute Gasteiger partial charge is 0.395 e. The number of anilines is 1. The van der Waals surface area contributed by atoms with E-state index in [0.29, 0.717) is 11.3 Å². The maximum atomic E-state index is 10.8. The minimum atomic E-state index is -0.513. The molecule has 1 aromatic carbocycles. The molecule has 2 N–H and O–H groups in total. The van der Waals surface area contributed by atoms with Crippen LogP contribution in [0.3, 0.4) is 0 Å². The van der Waals surface area contributed by atoms with E-state index in [2.05, 4.69) is 5.32 Å². The molecule has 6 nitrogen and oxygen atoms in total. The summed E-state index contributed by atoms with van der Waals surface area (Å²) in [6.45, 7) is 0.148. The number of aliphatic hydroxyl groups excluding tert-OH is 1. The van der Waals surface area contributed by atoms with Crippen molar-refractivity contribution in [1.82, 2.24) is 0 Å². The second-order valence-electron chi connectivity index (χ2n) is 3.09. The minimum absolute atomic E-state index is 0.0822. The first-order valence-corrected chi connectivity index (χ1v) is 4.68. The number of hydrogen-bond acceptors (Lipinski definition) is 5. The Kier molecular flexibility index (Phi) is 4.24. The van der Waals surface area contributed by atoms with Crippen LogP contribution in [-0.2, 0) is 6.42 Å².